The van der Waals surface area contributed by atoms with Crippen LogP contribution in [0.3, 0.4) is 0 Å². The zero-order valence-electron chi connectivity index (χ0n) is 12.3. The van der Waals surface area contributed by atoms with E-state index in [9.17, 15) is 0 Å². The summed E-state index contributed by atoms with van der Waals surface area (Å²) in [6, 6.07) is 1.91. The highest BCUT2D eigenvalue weighted by Gasteiger charge is 2.05. The molecule has 0 fully saturated rings. The Hall–Kier alpha value is -1.95. The maximum atomic E-state index is 5.08. The van der Waals surface area contributed by atoms with Crippen molar-refractivity contribution in [1.82, 2.24) is 19.5 Å². The fraction of sp³-hybridized carbons (Fsp3) is 0.500. The lowest BCUT2D eigenvalue weighted by Crippen LogP contribution is -2.09. The molecule has 0 saturated carbocycles. The number of aromatic nitrogens is 4. The number of aryl methyl sites for hydroxylation is 3. The van der Waals surface area contributed by atoms with Gasteiger partial charge < -0.3 is 14.6 Å². The zero-order chi connectivity index (χ0) is 14.4. The average molecular weight is 275 g/mol. The second-order valence-electron chi connectivity index (χ2n) is 4.69. The van der Waals surface area contributed by atoms with Crippen LogP contribution < -0.4 is 5.32 Å². The molecule has 0 aromatic carbocycles. The van der Waals surface area contributed by atoms with Crippen molar-refractivity contribution in [2.45, 2.75) is 33.4 Å². The van der Waals surface area contributed by atoms with Crippen LogP contribution in [0, 0.1) is 13.8 Å². The van der Waals surface area contributed by atoms with Gasteiger partial charge in [-0.1, -0.05) is 0 Å². The van der Waals surface area contributed by atoms with E-state index in [1.807, 2.05) is 26.1 Å². The van der Waals surface area contributed by atoms with E-state index in [4.69, 9.17) is 4.74 Å². The Labute approximate surface area is 119 Å². The Kier molecular flexibility index (Phi) is 5.06. The summed E-state index contributed by atoms with van der Waals surface area (Å²) in [5.41, 5.74) is 1.96. The number of nitrogens with one attached hydrogen (secondary N) is 1. The molecular weight excluding hydrogens is 254 g/mol. The molecule has 0 saturated heterocycles. The molecule has 2 rings (SSSR count). The van der Waals surface area contributed by atoms with E-state index in [1.165, 1.54) is 0 Å². The Morgan fingerprint density at radius 3 is 2.90 bits per heavy atom. The molecular formula is C14H21N5O. The monoisotopic (exact) mass is 275 g/mol. The summed E-state index contributed by atoms with van der Waals surface area (Å²) >= 11 is 0. The normalized spacial score (nSPS) is 10.8. The van der Waals surface area contributed by atoms with Gasteiger partial charge in [-0.3, -0.25) is 0 Å². The lowest BCUT2D eigenvalue weighted by molar-refractivity contribution is 0.190. The minimum atomic E-state index is 0.643. The highest BCUT2D eigenvalue weighted by Crippen LogP contribution is 2.10. The summed E-state index contributed by atoms with van der Waals surface area (Å²) in [5.74, 6) is 1.65. The number of hydrogen-bond donors (Lipinski definition) is 1. The van der Waals surface area contributed by atoms with Gasteiger partial charge in [0, 0.05) is 32.7 Å². The smallest absolute Gasteiger partial charge is 0.203 e. The van der Waals surface area contributed by atoms with E-state index in [0.717, 1.165) is 42.7 Å². The van der Waals surface area contributed by atoms with Crippen LogP contribution in [0.4, 0.5) is 5.95 Å². The number of rotatable bonds is 7. The maximum absolute atomic E-state index is 5.08. The SMILES string of the molecule is COCCCn1cc(C)nc1NCc1ccnc(C)n1. The van der Waals surface area contributed by atoms with Crippen molar-refractivity contribution in [3.63, 3.8) is 0 Å². The van der Waals surface area contributed by atoms with Gasteiger partial charge in [-0.25, -0.2) is 15.0 Å². The number of nitrogens with zero attached hydrogens (tertiary/aromatic N) is 4. The molecule has 0 atom stereocenters. The minimum Gasteiger partial charge on any atom is -0.385 e. The third-order valence-corrected chi connectivity index (χ3v) is 2.91. The summed E-state index contributed by atoms with van der Waals surface area (Å²) in [6.07, 6.45) is 4.78. The van der Waals surface area contributed by atoms with Crippen molar-refractivity contribution in [3.8, 4) is 0 Å². The van der Waals surface area contributed by atoms with E-state index < -0.39 is 0 Å². The van der Waals surface area contributed by atoms with Gasteiger partial charge in [0.05, 0.1) is 17.9 Å². The molecule has 0 aliphatic heterocycles. The number of anilines is 1. The highest BCUT2D eigenvalue weighted by molar-refractivity contribution is 5.29. The third kappa shape index (κ3) is 4.03. The molecule has 2 aromatic rings. The molecule has 0 spiro atoms. The fourth-order valence-electron chi connectivity index (χ4n) is 2.01. The summed E-state index contributed by atoms with van der Waals surface area (Å²) in [4.78, 5) is 13.0. The molecule has 108 valence electrons. The summed E-state index contributed by atoms with van der Waals surface area (Å²) in [6.45, 7) is 6.16. The molecule has 0 unspecified atom stereocenters. The average Bonchev–Trinajstić information content (AvgIpc) is 2.77. The first-order valence-corrected chi connectivity index (χ1v) is 6.74. The topological polar surface area (TPSA) is 64.9 Å². The molecule has 1 N–H and O–H groups in total. The molecule has 0 bridgehead atoms. The van der Waals surface area contributed by atoms with E-state index >= 15 is 0 Å². The maximum Gasteiger partial charge on any atom is 0.203 e. The van der Waals surface area contributed by atoms with Gasteiger partial charge in [-0.15, -0.1) is 0 Å². The number of hydrogen-bond acceptors (Lipinski definition) is 5. The summed E-state index contributed by atoms with van der Waals surface area (Å²) in [5, 5.41) is 3.33. The molecule has 2 heterocycles. The molecule has 0 aliphatic carbocycles. The van der Waals surface area contributed by atoms with Crippen molar-refractivity contribution in [1.29, 1.82) is 0 Å². The Morgan fingerprint density at radius 1 is 1.30 bits per heavy atom. The molecule has 2 aromatic heterocycles. The summed E-state index contributed by atoms with van der Waals surface area (Å²) < 4.78 is 7.20. The quantitative estimate of drug-likeness (QED) is 0.782. The molecule has 20 heavy (non-hydrogen) atoms. The van der Waals surface area contributed by atoms with Gasteiger partial charge >= 0.3 is 0 Å². The second-order valence-corrected chi connectivity index (χ2v) is 4.69. The van der Waals surface area contributed by atoms with Crippen LogP contribution >= 0.6 is 0 Å². The first-order chi connectivity index (χ1) is 9.69. The lowest BCUT2D eigenvalue weighted by Gasteiger charge is -2.09. The van der Waals surface area contributed by atoms with Gasteiger partial charge in [0.1, 0.15) is 5.82 Å². The van der Waals surface area contributed by atoms with Crippen LogP contribution in [0.15, 0.2) is 18.5 Å². The van der Waals surface area contributed by atoms with Gasteiger partial charge in [0.25, 0.3) is 0 Å². The lowest BCUT2D eigenvalue weighted by atomic mass is 10.4. The van der Waals surface area contributed by atoms with Gasteiger partial charge in [0.15, 0.2) is 0 Å². The Morgan fingerprint density at radius 2 is 2.15 bits per heavy atom. The second kappa shape index (κ2) is 7.00. The Bertz CT molecular complexity index is 552. The van der Waals surface area contributed by atoms with Gasteiger partial charge in [-0.2, -0.15) is 0 Å². The van der Waals surface area contributed by atoms with Crippen LogP contribution in [0.2, 0.25) is 0 Å². The van der Waals surface area contributed by atoms with Crippen LogP contribution in [0.25, 0.3) is 0 Å². The van der Waals surface area contributed by atoms with Crippen LogP contribution in [-0.2, 0) is 17.8 Å². The minimum absolute atomic E-state index is 0.643. The molecule has 6 nitrogen and oxygen atoms in total. The predicted molar refractivity (Wildman–Crippen MR) is 77.6 cm³/mol. The molecule has 0 aliphatic rings. The third-order valence-electron chi connectivity index (χ3n) is 2.91. The van der Waals surface area contributed by atoms with Crippen molar-refractivity contribution in [2.75, 3.05) is 19.0 Å². The number of methoxy groups -OCH3 is 1. The summed E-state index contributed by atoms with van der Waals surface area (Å²) in [7, 11) is 1.72. The Balaban J connectivity index is 1.98. The van der Waals surface area contributed by atoms with E-state index in [-0.39, 0.29) is 0 Å². The standard InChI is InChI=1S/C14H21N5O/c1-11-10-19(7-4-8-20-3)14(17-11)16-9-13-5-6-15-12(2)18-13/h5-6,10H,4,7-9H2,1-3H3,(H,16,17). The van der Waals surface area contributed by atoms with Crippen molar-refractivity contribution in [2.24, 2.45) is 0 Å². The molecule has 0 amide bonds. The van der Waals surface area contributed by atoms with Gasteiger partial charge in [-0.05, 0) is 26.3 Å². The molecule has 6 heteroatoms. The fourth-order valence-corrected chi connectivity index (χ4v) is 2.01. The highest BCUT2D eigenvalue weighted by atomic mass is 16.5. The van der Waals surface area contributed by atoms with E-state index in [0.29, 0.717) is 6.54 Å². The first-order valence-electron chi connectivity index (χ1n) is 6.74. The van der Waals surface area contributed by atoms with Crippen LogP contribution in [0.1, 0.15) is 23.6 Å². The predicted octanol–water partition coefficient (Wildman–Crippen LogP) is 1.94. The number of ether oxygens (including phenoxy) is 1. The zero-order valence-corrected chi connectivity index (χ0v) is 12.3. The van der Waals surface area contributed by atoms with Crippen molar-refractivity contribution in [3.05, 3.63) is 35.7 Å². The van der Waals surface area contributed by atoms with Crippen molar-refractivity contribution >= 4 is 5.95 Å². The first kappa shape index (κ1) is 14.5. The van der Waals surface area contributed by atoms with E-state index in [2.05, 4.69) is 24.8 Å². The molecule has 0 radical (unpaired) electrons. The van der Waals surface area contributed by atoms with Crippen LogP contribution in [0.5, 0.6) is 0 Å². The van der Waals surface area contributed by atoms with Crippen molar-refractivity contribution < 1.29 is 4.74 Å². The largest absolute Gasteiger partial charge is 0.385 e. The number of imidazole rings is 1. The van der Waals surface area contributed by atoms with E-state index in [1.54, 1.807) is 13.3 Å². The van der Waals surface area contributed by atoms with Crippen LogP contribution in [-0.4, -0.2) is 33.2 Å². The van der Waals surface area contributed by atoms with Gasteiger partial charge in [0.2, 0.25) is 5.95 Å².